The van der Waals surface area contributed by atoms with E-state index in [0.717, 1.165) is 5.56 Å². The molecule has 0 fully saturated rings. The number of carbonyl (C=O) groups is 1. The van der Waals surface area contributed by atoms with Gasteiger partial charge in [0, 0.05) is 29.7 Å². The average Bonchev–Trinajstić information content (AvgIpc) is 2.88. The zero-order valence-corrected chi connectivity index (χ0v) is 23.4. The van der Waals surface area contributed by atoms with Crippen molar-refractivity contribution in [3.63, 3.8) is 0 Å². The molecule has 1 unspecified atom stereocenters. The molecule has 202 valence electrons. The van der Waals surface area contributed by atoms with E-state index in [9.17, 15) is 9.59 Å². The van der Waals surface area contributed by atoms with Crippen LogP contribution in [0, 0.1) is 13.8 Å². The minimum Gasteiger partial charge on any atom is -0.455 e. The lowest BCUT2D eigenvalue weighted by molar-refractivity contribution is 0.00640. The van der Waals surface area contributed by atoms with Crippen LogP contribution in [0.5, 0.6) is 0 Å². The Bertz CT molecular complexity index is 1640. The fourth-order valence-corrected chi connectivity index (χ4v) is 4.33. The van der Waals surface area contributed by atoms with Crippen molar-refractivity contribution in [1.82, 2.24) is 15.0 Å². The molecule has 9 nitrogen and oxygen atoms in total. The Morgan fingerprint density at radius 3 is 2.51 bits per heavy atom. The molecule has 0 aliphatic carbocycles. The molecule has 3 N–H and O–H groups in total. The molecule has 4 aromatic rings. The van der Waals surface area contributed by atoms with Crippen LogP contribution in [0.15, 0.2) is 58.1 Å². The standard InChI is InChI=1S/C29H30ClN5O4/c1-15-12-18(17(3)34-21-8-9-22(30)35-23(21)28(37)39-29(4,5)6)26-19(13-15)24(36)16(2)25(38-26)20(14-31)27-32-10-7-11-33-27/h7-14,17,34H,31H2,1-6H3/b20-14-. The number of benzene rings is 1. The molecule has 0 amide bonds. The highest BCUT2D eigenvalue weighted by molar-refractivity contribution is 6.29. The van der Waals surface area contributed by atoms with Gasteiger partial charge >= 0.3 is 5.97 Å². The second-order valence-corrected chi connectivity index (χ2v) is 10.6. The van der Waals surface area contributed by atoms with Crippen LogP contribution in [0.25, 0.3) is 16.5 Å². The largest absolute Gasteiger partial charge is 0.455 e. The average molecular weight is 548 g/mol. The van der Waals surface area contributed by atoms with Crippen molar-refractivity contribution in [3.8, 4) is 0 Å². The summed E-state index contributed by atoms with van der Waals surface area (Å²) in [5, 5.41) is 3.90. The number of halogens is 1. The van der Waals surface area contributed by atoms with Crippen molar-refractivity contribution in [2.45, 2.75) is 53.2 Å². The number of ether oxygens (including phenoxy) is 1. The van der Waals surface area contributed by atoms with E-state index in [1.165, 1.54) is 6.20 Å². The molecule has 1 atom stereocenters. The molecule has 4 rings (SSSR count). The first kappa shape index (κ1) is 27.8. The van der Waals surface area contributed by atoms with E-state index in [1.54, 1.807) is 64.4 Å². The third-order valence-corrected chi connectivity index (χ3v) is 6.11. The number of carbonyl (C=O) groups excluding carboxylic acids is 1. The summed E-state index contributed by atoms with van der Waals surface area (Å²) in [4.78, 5) is 39.2. The van der Waals surface area contributed by atoms with Crippen LogP contribution < -0.4 is 16.5 Å². The van der Waals surface area contributed by atoms with Gasteiger partial charge in [-0.2, -0.15) is 0 Å². The lowest BCUT2D eigenvalue weighted by atomic mass is 9.98. The molecule has 3 aromatic heterocycles. The molecule has 0 saturated carbocycles. The van der Waals surface area contributed by atoms with E-state index in [2.05, 4.69) is 20.3 Å². The number of anilines is 1. The van der Waals surface area contributed by atoms with Crippen molar-refractivity contribution < 1.29 is 13.9 Å². The minimum atomic E-state index is -0.717. The molecule has 1 aromatic carbocycles. The van der Waals surface area contributed by atoms with E-state index in [1.807, 2.05) is 19.9 Å². The molecule has 3 heterocycles. The number of nitrogens with one attached hydrogen (secondary N) is 1. The molecular weight excluding hydrogens is 518 g/mol. The number of rotatable bonds is 6. The van der Waals surface area contributed by atoms with Gasteiger partial charge in [-0.25, -0.2) is 19.7 Å². The number of aryl methyl sites for hydroxylation is 1. The van der Waals surface area contributed by atoms with Gasteiger partial charge in [0.1, 0.15) is 22.1 Å². The molecule has 0 aliphatic heterocycles. The summed E-state index contributed by atoms with van der Waals surface area (Å²) in [5.74, 6) is -0.000359. The van der Waals surface area contributed by atoms with Crippen molar-refractivity contribution in [2.75, 3.05) is 5.32 Å². The van der Waals surface area contributed by atoms with E-state index in [0.29, 0.717) is 39.2 Å². The van der Waals surface area contributed by atoms with Crippen LogP contribution in [-0.2, 0) is 4.74 Å². The molecule has 0 bridgehead atoms. The summed E-state index contributed by atoms with van der Waals surface area (Å²) in [7, 11) is 0. The number of nitrogens with zero attached hydrogens (tertiary/aromatic N) is 3. The quantitative estimate of drug-likeness (QED) is 0.229. The lowest BCUT2D eigenvalue weighted by Crippen LogP contribution is -2.25. The summed E-state index contributed by atoms with van der Waals surface area (Å²) >= 11 is 6.11. The summed E-state index contributed by atoms with van der Waals surface area (Å²) in [6.07, 6.45) is 4.50. The Hall–Kier alpha value is -4.24. The predicted octanol–water partition coefficient (Wildman–Crippen LogP) is 5.72. The SMILES string of the molecule is Cc1cc(C(C)Nc2ccc(Cl)nc2C(=O)OC(C)(C)C)c2oc(/C(=C/N)c3ncccn3)c(C)c(=O)c2c1. The Morgan fingerprint density at radius 2 is 1.87 bits per heavy atom. The molecular formula is C29H30ClN5O4. The highest BCUT2D eigenvalue weighted by Gasteiger charge is 2.25. The highest BCUT2D eigenvalue weighted by Crippen LogP contribution is 2.32. The van der Waals surface area contributed by atoms with Crippen LogP contribution in [0.2, 0.25) is 5.15 Å². The topological polar surface area (TPSA) is 133 Å². The maximum absolute atomic E-state index is 13.5. The molecule has 39 heavy (non-hydrogen) atoms. The number of aromatic nitrogens is 3. The van der Waals surface area contributed by atoms with Crippen LogP contribution >= 0.6 is 11.6 Å². The third-order valence-electron chi connectivity index (χ3n) is 5.90. The molecule has 10 heteroatoms. The van der Waals surface area contributed by atoms with Gasteiger partial charge in [0.05, 0.1) is 22.7 Å². The monoisotopic (exact) mass is 547 g/mol. The summed E-state index contributed by atoms with van der Waals surface area (Å²) in [5.41, 5.74) is 8.23. The summed E-state index contributed by atoms with van der Waals surface area (Å²) in [6.45, 7) is 10.8. The molecule has 0 radical (unpaired) electrons. The van der Waals surface area contributed by atoms with Crippen LogP contribution in [0.1, 0.15) is 72.5 Å². The predicted molar refractivity (Wildman–Crippen MR) is 152 cm³/mol. The number of hydrogen-bond donors (Lipinski definition) is 2. The molecule has 0 saturated heterocycles. The smallest absolute Gasteiger partial charge is 0.359 e. The number of pyridine rings is 1. The Morgan fingerprint density at radius 1 is 1.18 bits per heavy atom. The Kier molecular flexibility index (Phi) is 7.74. The fourth-order valence-electron chi connectivity index (χ4n) is 4.18. The van der Waals surface area contributed by atoms with Crippen LogP contribution in [-0.4, -0.2) is 26.5 Å². The van der Waals surface area contributed by atoms with Crippen molar-refractivity contribution in [3.05, 3.63) is 98.3 Å². The van der Waals surface area contributed by atoms with Gasteiger partial charge in [0.15, 0.2) is 16.9 Å². The fraction of sp³-hybridized carbons (Fsp3) is 0.276. The second kappa shape index (κ2) is 10.9. The number of nitrogens with two attached hydrogens (primary N) is 1. The maximum atomic E-state index is 13.5. The van der Waals surface area contributed by atoms with Crippen LogP contribution in [0.3, 0.4) is 0 Å². The molecule has 0 aliphatic rings. The van der Waals surface area contributed by atoms with Gasteiger partial charge in [-0.3, -0.25) is 4.79 Å². The number of fused-ring (bicyclic) bond motifs is 1. The first-order valence-corrected chi connectivity index (χ1v) is 12.7. The zero-order chi connectivity index (χ0) is 28.5. The van der Waals surface area contributed by atoms with E-state index >= 15 is 0 Å². The Balaban J connectivity index is 1.84. The maximum Gasteiger partial charge on any atom is 0.359 e. The summed E-state index contributed by atoms with van der Waals surface area (Å²) < 4.78 is 11.9. The number of esters is 1. The molecule has 0 spiro atoms. The summed E-state index contributed by atoms with van der Waals surface area (Å²) in [6, 6.07) is 8.22. The van der Waals surface area contributed by atoms with Gasteiger partial charge < -0.3 is 20.2 Å². The highest BCUT2D eigenvalue weighted by atomic mass is 35.5. The van der Waals surface area contributed by atoms with Gasteiger partial charge in [0.25, 0.3) is 0 Å². The van der Waals surface area contributed by atoms with E-state index in [4.69, 9.17) is 26.5 Å². The minimum absolute atomic E-state index is 0.0498. The first-order valence-electron chi connectivity index (χ1n) is 12.3. The van der Waals surface area contributed by atoms with Gasteiger partial charge in [0.2, 0.25) is 0 Å². The van der Waals surface area contributed by atoms with Crippen molar-refractivity contribution in [2.24, 2.45) is 5.73 Å². The Labute approximate surface area is 231 Å². The van der Waals surface area contributed by atoms with E-state index in [-0.39, 0.29) is 22.0 Å². The first-order chi connectivity index (χ1) is 18.4. The van der Waals surface area contributed by atoms with Gasteiger partial charge in [-0.15, -0.1) is 0 Å². The zero-order valence-electron chi connectivity index (χ0n) is 22.6. The van der Waals surface area contributed by atoms with Gasteiger partial charge in [-0.05, 0) is 71.4 Å². The second-order valence-electron chi connectivity index (χ2n) is 10.2. The van der Waals surface area contributed by atoms with Gasteiger partial charge in [-0.1, -0.05) is 17.7 Å². The normalized spacial score (nSPS) is 12.8. The van der Waals surface area contributed by atoms with Crippen molar-refractivity contribution >= 4 is 39.8 Å². The van der Waals surface area contributed by atoms with E-state index < -0.39 is 17.6 Å². The third kappa shape index (κ3) is 5.93. The van der Waals surface area contributed by atoms with Crippen molar-refractivity contribution in [1.29, 1.82) is 0 Å². The number of hydrogen-bond acceptors (Lipinski definition) is 9. The lowest BCUT2D eigenvalue weighted by Gasteiger charge is -2.22. The van der Waals surface area contributed by atoms with Crippen LogP contribution in [0.4, 0.5) is 5.69 Å².